The number of hydrogen-bond acceptors (Lipinski definition) is 20. The number of aliphatic carboxylic acids is 1. The van der Waals surface area contributed by atoms with Crippen molar-refractivity contribution in [1.82, 2.24) is 60.8 Å². The van der Waals surface area contributed by atoms with Crippen LogP contribution in [0.4, 0.5) is 9.59 Å². The second-order valence-electron chi connectivity index (χ2n) is 22.2. The van der Waals surface area contributed by atoms with Crippen LogP contribution in [0, 0.1) is 24.2 Å². The summed E-state index contributed by atoms with van der Waals surface area (Å²) in [5.74, 6) is 11.0. The second-order valence-corrected chi connectivity index (χ2v) is 25.0. The highest BCUT2D eigenvalue weighted by atomic mass is 79.9. The van der Waals surface area contributed by atoms with Crippen LogP contribution in [0.5, 0.6) is 0 Å². The van der Waals surface area contributed by atoms with Crippen molar-refractivity contribution in [2.24, 2.45) is 10.9 Å². The molecule has 0 aliphatic heterocycles. The van der Waals surface area contributed by atoms with Crippen LogP contribution in [-0.2, 0) is 14.3 Å². The Morgan fingerprint density at radius 3 is 1.24 bits per heavy atom. The van der Waals surface area contributed by atoms with E-state index in [1.54, 1.807) is 76.9 Å². The molecule has 0 radical (unpaired) electrons. The highest BCUT2D eigenvalue weighted by molar-refractivity contribution is 9.11. The number of ether oxygens (including phenoxy) is 2. The van der Waals surface area contributed by atoms with E-state index in [2.05, 4.69) is 122 Å². The van der Waals surface area contributed by atoms with E-state index in [9.17, 15) is 14.4 Å². The molecule has 508 valence electrons. The van der Waals surface area contributed by atoms with Crippen LogP contribution in [-0.4, -0.2) is 130 Å². The zero-order chi connectivity index (χ0) is 70.4. The molecule has 5 aromatic heterocycles. The van der Waals surface area contributed by atoms with E-state index in [4.69, 9.17) is 45.5 Å². The number of aromatic nitrogens is 8. The molecular formula is C68H78Br3ClN14O10. The number of likely N-dealkylation sites (N-methyl/N-ethyl adjacent to an activating group) is 1. The van der Waals surface area contributed by atoms with Crippen LogP contribution in [0.1, 0.15) is 127 Å². The van der Waals surface area contributed by atoms with Crippen LogP contribution in [0.3, 0.4) is 0 Å². The smallest absolute Gasteiger partial charge is 0.410 e. The molecule has 0 saturated carbocycles. The van der Waals surface area contributed by atoms with Crippen LogP contribution in [0.2, 0.25) is 0 Å². The molecule has 4 unspecified atom stereocenters. The number of terminal acetylenes is 1. The van der Waals surface area contributed by atoms with E-state index in [0.29, 0.717) is 40.7 Å². The quantitative estimate of drug-likeness (QED) is 0.0249. The Kier molecular flexibility index (Phi) is 33.8. The Morgan fingerprint density at radius 2 is 0.896 bits per heavy atom. The summed E-state index contributed by atoms with van der Waals surface area (Å²) in [6, 6.07) is 36.5. The lowest BCUT2D eigenvalue weighted by molar-refractivity contribution is -0.142. The molecule has 0 saturated heterocycles. The first-order chi connectivity index (χ1) is 44.9. The summed E-state index contributed by atoms with van der Waals surface area (Å²) in [6.45, 7) is 17.8. The molecule has 0 aliphatic rings. The number of amides is 2. The number of carbonyl (C=O) groups is 3. The van der Waals surface area contributed by atoms with Gasteiger partial charge in [-0.1, -0.05) is 98.3 Å². The molecule has 9 rings (SSSR count). The third-order valence-corrected chi connectivity index (χ3v) is 14.2. The van der Waals surface area contributed by atoms with Gasteiger partial charge in [-0.2, -0.15) is 15.0 Å². The van der Waals surface area contributed by atoms with Gasteiger partial charge in [-0.05, 0) is 193 Å². The predicted octanol–water partition coefficient (Wildman–Crippen LogP) is 14.4. The summed E-state index contributed by atoms with van der Waals surface area (Å²) in [6.07, 6.45) is 10.8. The van der Waals surface area contributed by atoms with Gasteiger partial charge in [-0.15, -0.1) is 18.8 Å². The number of rotatable bonds is 12. The van der Waals surface area contributed by atoms with Gasteiger partial charge in [-0.3, -0.25) is 19.8 Å². The fraction of sp³-hybridized carbons (Fsp3) is 0.294. The molecule has 0 fully saturated rings. The van der Waals surface area contributed by atoms with E-state index in [1.807, 2.05) is 153 Å². The van der Waals surface area contributed by atoms with Crippen molar-refractivity contribution in [2.45, 2.75) is 105 Å². The van der Waals surface area contributed by atoms with Crippen LogP contribution in [0.25, 0.3) is 34.2 Å². The minimum atomic E-state index is -1.06. The summed E-state index contributed by atoms with van der Waals surface area (Å²) >= 11 is 10.0. The number of benzene rings is 4. The second kappa shape index (κ2) is 40.1. The topological polar surface area (TPSA) is 322 Å². The summed E-state index contributed by atoms with van der Waals surface area (Å²) in [7, 11) is 6.74. The Hall–Kier alpha value is -9.35. The molecule has 24 nitrogen and oxygen atoms in total. The van der Waals surface area contributed by atoms with Crippen molar-refractivity contribution in [3.8, 4) is 58.3 Å². The maximum atomic E-state index is 12.1. The number of carbonyl (C=O) groups excluding carboxylic acids is 2. The number of hydrogen-bond donors (Lipinski definition) is 5. The largest absolute Gasteiger partial charge is 0.480 e. The molecule has 2 amide bonds. The van der Waals surface area contributed by atoms with Gasteiger partial charge < -0.3 is 49.7 Å². The molecule has 28 heteroatoms. The Morgan fingerprint density at radius 1 is 0.562 bits per heavy atom. The van der Waals surface area contributed by atoms with Gasteiger partial charge in [0.15, 0.2) is 5.84 Å². The van der Waals surface area contributed by atoms with Crippen LogP contribution >= 0.6 is 60.2 Å². The number of carboxylic acids is 1. The van der Waals surface area contributed by atoms with Gasteiger partial charge in [0, 0.05) is 91.2 Å². The average Bonchev–Trinajstić information content (AvgIpc) is 1.77. The van der Waals surface area contributed by atoms with Crippen molar-refractivity contribution in [3.05, 3.63) is 199 Å². The highest BCUT2D eigenvalue weighted by Crippen LogP contribution is 2.26. The third-order valence-electron chi connectivity index (χ3n) is 12.6. The number of oxime groups is 1. The molecule has 4 atom stereocenters. The van der Waals surface area contributed by atoms with E-state index >= 15 is 0 Å². The van der Waals surface area contributed by atoms with Gasteiger partial charge >= 0.3 is 18.2 Å². The number of amidine groups is 1. The molecule has 5 heterocycles. The van der Waals surface area contributed by atoms with Gasteiger partial charge in [-0.25, -0.2) is 14.4 Å². The van der Waals surface area contributed by atoms with Crippen LogP contribution < -0.4 is 16.4 Å². The molecule has 4 aromatic carbocycles. The summed E-state index contributed by atoms with van der Waals surface area (Å²) in [5.41, 5.74) is 10.3. The minimum Gasteiger partial charge on any atom is -0.480 e. The van der Waals surface area contributed by atoms with Crippen molar-refractivity contribution < 1.29 is 47.7 Å². The molecule has 0 spiro atoms. The fourth-order valence-electron chi connectivity index (χ4n) is 6.75. The van der Waals surface area contributed by atoms with Crippen molar-refractivity contribution in [1.29, 1.82) is 0 Å². The minimum absolute atomic E-state index is 0. The molecule has 0 bridgehead atoms. The summed E-state index contributed by atoms with van der Waals surface area (Å²) < 4.78 is 29.0. The normalized spacial score (nSPS) is 11.9. The maximum absolute atomic E-state index is 12.1. The van der Waals surface area contributed by atoms with Gasteiger partial charge in [0.1, 0.15) is 23.3 Å². The first-order valence-electron chi connectivity index (χ1n) is 29.1. The van der Waals surface area contributed by atoms with E-state index in [0.717, 1.165) is 51.7 Å². The van der Waals surface area contributed by atoms with E-state index < -0.39 is 35.4 Å². The molecule has 96 heavy (non-hydrogen) atoms. The fourth-order valence-corrected chi connectivity index (χ4v) is 7.54. The predicted molar refractivity (Wildman–Crippen MR) is 379 cm³/mol. The number of nitrogens with zero attached hydrogens (tertiary/aromatic N) is 11. The van der Waals surface area contributed by atoms with Crippen molar-refractivity contribution in [2.75, 3.05) is 28.2 Å². The lowest BCUT2D eigenvalue weighted by Crippen LogP contribution is -2.43. The summed E-state index contributed by atoms with van der Waals surface area (Å²) in [4.78, 5) is 57.3. The monoisotopic (exact) mass is 1520 g/mol. The summed E-state index contributed by atoms with van der Waals surface area (Å²) in [5, 5.41) is 37.9. The zero-order valence-corrected chi connectivity index (χ0v) is 61.0. The van der Waals surface area contributed by atoms with Crippen LogP contribution in [0.15, 0.2) is 178 Å². The van der Waals surface area contributed by atoms with E-state index in [1.165, 1.54) is 18.9 Å². The first-order valence-corrected chi connectivity index (χ1v) is 31.5. The molecule has 9 aromatic rings. The molecule has 6 N–H and O–H groups in total. The number of nitrogens with two attached hydrogens (primary N) is 1. The van der Waals surface area contributed by atoms with Gasteiger partial charge in [0.05, 0.1) is 12.1 Å². The Bertz CT molecular complexity index is 3950. The molecular weight excluding hydrogens is 1450 g/mol. The first kappa shape index (κ1) is 80.9. The Labute approximate surface area is 590 Å². The lowest BCUT2D eigenvalue weighted by Gasteiger charge is -2.26. The van der Waals surface area contributed by atoms with Crippen molar-refractivity contribution in [3.63, 3.8) is 0 Å². The number of nitrogens with one attached hydrogen (secondary N) is 2. The zero-order valence-electron chi connectivity index (χ0n) is 55.4. The lowest BCUT2D eigenvalue weighted by atomic mass is 10.1. The standard InChI is InChI=1S/C18H16N4O.C16H20BrN3O3.C11H12BrN3O.C9H17NO4.C7H7BrN2O.C7H5N.ClH/c1-13(19-2)18-21-17(22-23-18)16-7-5-14(6-8-16)3-4-15-9-11-20-12-10-15;1-10(20(5)15(21)22-16(2,3)4)14-18-13(19-23-14)11-6-8-12(17)9-7-11;1-7(13-2)11-14-10(15-16-11)8-3-5-9(12)6-4-8;1-6(7(11)12)10(5)8(13)14-9(2,3)4;8-6-3-1-5(2-4-6)7(9)10-11;1-2-7-3-5-8-6-4-7;/h5-13,19H,1-2H3;6-10H,1-5H3;3-7,13H,1-2H3;6H,1-5H3,(H,11,12);1-4,11H,(H2,9,10);1,3-6H;1H. The van der Waals surface area contributed by atoms with E-state index in [-0.39, 0.29) is 36.4 Å². The average molecular weight is 1530 g/mol. The number of halogens is 4. The maximum Gasteiger partial charge on any atom is 0.410 e. The van der Waals surface area contributed by atoms with Gasteiger partial charge in [0.2, 0.25) is 35.1 Å². The van der Waals surface area contributed by atoms with Crippen molar-refractivity contribution >= 4 is 84.2 Å². The Balaban J connectivity index is 0.000000309. The number of carboxylic acid groups (broad SMARTS) is 1. The third kappa shape index (κ3) is 28.3. The number of pyridine rings is 2. The highest BCUT2D eigenvalue weighted by Gasteiger charge is 2.28. The van der Waals surface area contributed by atoms with Gasteiger partial charge in [0.25, 0.3) is 0 Å². The SMILES string of the molecule is C#Cc1ccncc1.CC(C(=O)O)N(C)C(=O)OC(C)(C)C.CC(c1nc(-c2ccc(Br)cc2)no1)N(C)C(=O)OC(C)(C)C.CNC(C)c1nc(-c2ccc(Br)cc2)no1.CNC(C)c1nc(-c2ccc(C#Cc3ccncc3)cc2)no1.Cl.N/C(=N\O)c1ccc(Br)cc1. The molecule has 0 aliphatic carbocycles.